The fourth-order valence-corrected chi connectivity index (χ4v) is 2.15. The molecule has 2 rings (SSSR count). The molecule has 1 amide bonds. The molecule has 2 aromatic carbocycles. The van der Waals surface area contributed by atoms with Crippen molar-refractivity contribution in [2.45, 2.75) is 6.92 Å². The first-order chi connectivity index (χ1) is 8.99. The Morgan fingerprint density at radius 3 is 2.63 bits per heavy atom. The standard InChI is InChI=1S/C14H10BrF2NO/c1-8-5-6-9(16)7-12(8)18-14(19)13-10(15)3-2-4-11(13)17/h2-7H,1H3,(H,18,19). The molecule has 2 aromatic rings. The molecule has 0 atom stereocenters. The van der Waals surface area contributed by atoms with Crippen LogP contribution in [0.5, 0.6) is 0 Å². The van der Waals surface area contributed by atoms with Gasteiger partial charge in [-0.25, -0.2) is 8.78 Å². The van der Waals surface area contributed by atoms with Crippen LogP contribution in [0.25, 0.3) is 0 Å². The van der Waals surface area contributed by atoms with Gasteiger partial charge in [0.05, 0.1) is 5.56 Å². The van der Waals surface area contributed by atoms with Gasteiger partial charge in [0.15, 0.2) is 0 Å². The molecule has 0 aliphatic heterocycles. The summed E-state index contributed by atoms with van der Waals surface area (Å²) in [5.41, 5.74) is 0.911. The molecule has 0 aliphatic carbocycles. The van der Waals surface area contributed by atoms with E-state index in [1.807, 2.05) is 0 Å². The van der Waals surface area contributed by atoms with Gasteiger partial charge in [-0.2, -0.15) is 0 Å². The number of nitrogens with one attached hydrogen (secondary N) is 1. The van der Waals surface area contributed by atoms with Crippen LogP contribution >= 0.6 is 15.9 Å². The number of amides is 1. The number of carbonyl (C=O) groups is 1. The average Bonchev–Trinajstić information content (AvgIpc) is 2.33. The van der Waals surface area contributed by atoms with Crippen LogP contribution in [0.4, 0.5) is 14.5 Å². The van der Waals surface area contributed by atoms with Gasteiger partial charge in [-0.3, -0.25) is 4.79 Å². The molecular weight excluding hydrogens is 316 g/mol. The van der Waals surface area contributed by atoms with Crippen LogP contribution in [-0.4, -0.2) is 5.91 Å². The van der Waals surface area contributed by atoms with E-state index >= 15 is 0 Å². The second-order valence-corrected chi connectivity index (χ2v) is 4.86. The third-order valence-corrected chi connectivity index (χ3v) is 3.30. The maximum atomic E-state index is 13.6. The van der Waals surface area contributed by atoms with Gasteiger partial charge in [-0.1, -0.05) is 12.1 Å². The van der Waals surface area contributed by atoms with Crippen molar-refractivity contribution in [1.29, 1.82) is 0 Å². The lowest BCUT2D eigenvalue weighted by Crippen LogP contribution is -2.15. The number of anilines is 1. The van der Waals surface area contributed by atoms with Gasteiger partial charge in [0.25, 0.3) is 5.91 Å². The van der Waals surface area contributed by atoms with Crippen LogP contribution in [0.3, 0.4) is 0 Å². The lowest BCUT2D eigenvalue weighted by molar-refractivity contribution is 0.102. The third-order valence-electron chi connectivity index (χ3n) is 2.64. The van der Waals surface area contributed by atoms with E-state index in [9.17, 15) is 13.6 Å². The van der Waals surface area contributed by atoms with Gasteiger partial charge in [0.1, 0.15) is 11.6 Å². The average molecular weight is 326 g/mol. The van der Waals surface area contributed by atoms with Crippen LogP contribution in [-0.2, 0) is 0 Å². The monoisotopic (exact) mass is 325 g/mol. The van der Waals surface area contributed by atoms with Crippen LogP contribution in [0, 0.1) is 18.6 Å². The molecule has 0 unspecified atom stereocenters. The van der Waals surface area contributed by atoms with E-state index in [4.69, 9.17) is 0 Å². The Labute approximate surface area is 117 Å². The van der Waals surface area contributed by atoms with Gasteiger partial charge < -0.3 is 5.32 Å². The van der Waals surface area contributed by atoms with Crippen molar-refractivity contribution in [3.8, 4) is 0 Å². The van der Waals surface area contributed by atoms with Crippen molar-refractivity contribution in [2.24, 2.45) is 0 Å². The predicted octanol–water partition coefficient (Wildman–Crippen LogP) is 4.29. The van der Waals surface area contributed by atoms with Gasteiger partial charge in [0.2, 0.25) is 0 Å². The summed E-state index contributed by atoms with van der Waals surface area (Å²) < 4.78 is 27.1. The van der Waals surface area contributed by atoms with Gasteiger partial charge >= 0.3 is 0 Å². The summed E-state index contributed by atoms with van der Waals surface area (Å²) in [5.74, 6) is -1.73. The smallest absolute Gasteiger partial charge is 0.259 e. The Hall–Kier alpha value is -1.75. The molecule has 0 bridgehead atoms. The third kappa shape index (κ3) is 2.98. The second-order valence-electron chi connectivity index (χ2n) is 4.01. The molecule has 0 spiro atoms. The number of halogens is 3. The van der Waals surface area contributed by atoms with Crippen molar-refractivity contribution in [2.75, 3.05) is 5.32 Å². The zero-order valence-corrected chi connectivity index (χ0v) is 11.6. The van der Waals surface area contributed by atoms with Gasteiger partial charge in [-0.15, -0.1) is 0 Å². The first-order valence-electron chi connectivity index (χ1n) is 5.50. The van der Waals surface area contributed by atoms with Crippen molar-refractivity contribution >= 4 is 27.5 Å². The maximum Gasteiger partial charge on any atom is 0.259 e. The van der Waals surface area contributed by atoms with E-state index < -0.39 is 17.5 Å². The first kappa shape index (κ1) is 13.7. The van der Waals surface area contributed by atoms with Crippen molar-refractivity contribution < 1.29 is 13.6 Å². The minimum Gasteiger partial charge on any atom is -0.322 e. The highest BCUT2D eigenvalue weighted by Gasteiger charge is 2.16. The van der Waals surface area contributed by atoms with Crippen LogP contribution in [0.15, 0.2) is 40.9 Å². The summed E-state index contributed by atoms with van der Waals surface area (Å²) in [6, 6.07) is 8.28. The van der Waals surface area contributed by atoms with E-state index in [1.54, 1.807) is 19.1 Å². The molecule has 1 N–H and O–H groups in total. The highest BCUT2D eigenvalue weighted by Crippen LogP contribution is 2.22. The Bertz CT molecular complexity index is 623. The van der Waals surface area contributed by atoms with Crippen LogP contribution in [0.1, 0.15) is 15.9 Å². The predicted molar refractivity (Wildman–Crippen MR) is 73.2 cm³/mol. The van der Waals surface area contributed by atoms with Crippen molar-refractivity contribution in [3.63, 3.8) is 0 Å². The number of hydrogen-bond donors (Lipinski definition) is 1. The number of hydrogen-bond acceptors (Lipinski definition) is 1. The fraction of sp³-hybridized carbons (Fsp3) is 0.0714. The van der Waals surface area contributed by atoms with E-state index in [1.165, 1.54) is 24.3 Å². The first-order valence-corrected chi connectivity index (χ1v) is 6.30. The zero-order chi connectivity index (χ0) is 14.0. The quantitative estimate of drug-likeness (QED) is 0.876. The molecule has 0 aliphatic rings. The summed E-state index contributed by atoms with van der Waals surface area (Å²) in [5, 5.41) is 2.50. The Morgan fingerprint density at radius 2 is 1.95 bits per heavy atom. The minimum atomic E-state index is -0.638. The van der Waals surface area contributed by atoms with Crippen molar-refractivity contribution in [1.82, 2.24) is 0 Å². The molecule has 0 saturated carbocycles. The topological polar surface area (TPSA) is 29.1 Å². The Morgan fingerprint density at radius 1 is 1.21 bits per heavy atom. The molecule has 19 heavy (non-hydrogen) atoms. The molecule has 0 heterocycles. The fourth-order valence-electron chi connectivity index (χ4n) is 1.63. The zero-order valence-electron chi connectivity index (χ0n) is 10.0. The lowest BCUT2D eigenvalue weighted by atomic mass is 10.1. The number of aryl methyl sites for hydroxylation is 1. The SMILES string of the molecule is Cc1ccc(F)cc1NC(=O)c1c(F)cccc1Br. The molecule has 0 radical (unpaired) electrons. The summed E-state index contributed by atoms with van der Waals surface area (Å²) in [6.45, 7) is 1.73. The summed E-state index contributed by atoms with van der Waals surface area (Å²) in [7, 11) is 0. The highest BCUT2D eigenvalue weighted by atomic mass is 79.9. The summed E-state index contributed by atoms with van der Waals surface area (Å²) >= 11 is 3.12. The summed E-state index contributed by atoms with van der Waals surface area (Å²) in [4.78, 5) is 12.0. The molecule has 2 nitrogen and oxygen atoms in total. The second kappa shape index (κ2) is 5.48. The maximum absolute atomic E-state index is 13.6. The van der Waals surface area contributed by atoms with E-state index in [-0.39, 0.29) is 5.56 Å². The molecule has 0 fully saturated rings. The van der Waals surface area contributed by atoms with E-state index in [0.717, 1.165) is 0 Å². The van der Waals surface area contributed by atoms with Crippen molar-refractivity contribution in [3.05, 3.63) is 63.6 Å². The minimum absolute atomic E-state index is 0.105. The number of rotatable bonds is 2. The van der Waals surface area contributed by atoms with Gasteiger partial charge in [-0.05, 0) is 52.7 Å². The molecule has 5 heteroatoms. The number of benzene rings is 2. The highest BCUT2D eigenvalue weighted by molar-refractivity contribution is 9.10. The lowest BCUT2D eigenvalue weighted by Gasteiger charge is -2.10. The van der Waals surface area contributed by atoms with E-state index in [0.29, 0.717) is 15.7 Å². The number of carbonyl (C=O) groups excluding carboxylic acids is 1. The normalized spacial score (nSPS) is 10.3. The molecule has 0 aromatic heterocycles. The molecule has 98 valence electrons. The molecule has 0 saturated heterocycles. The Balaban J connectivity index is 2.34. The van der Waals surface area contributed by atoms with Crippen LogP contribution in [0.2, 0.25) is 0 Å². The van der Waals surface area contributed by atoms with Crippen LogP contribution < -0.4 is 5.32 Å². The largest absolute Gasteiger partial charge is 0.322 e. The van der Waals surface area contributed by atoms with E-state index in [2.05, 4.69) is 21.2 Å². The summed E-state index contributed by atoms with van der Waals surface area (Å²) in [6.07, 6.45) is 0. The Kier molecular flexibility index (Phi) is 3.95. The van der Waals surface area contributed by atoms with Gasteiger partial charge in [0, 0.05) is 10.2 Å². The molecular formula is C14H10BrF2NO.